The first kappa shape index (κ1) is 8.34. The zero-order chi connectivity index (χ0) is 9.54. The Morgan fingerprint density at radius 1 is 1.29 bits per heavy atom. The normalized spacial score (nSPS) is 30.2. The van der Waals surface area contributed by atoms with Crippen LogP contribution < -0.4 is 0 Å². The van der Waals surface area contributed by atoms with Gasteiger partial charge in [0.1, 0.15) is 5.76 Å². The van der Waals surface area contributed by atoms with Crippen molar-refractivity contribution in [3.63, 3.8) is 0 Å². The standard InChI is InChI=1S/C13H16O/c1-9-2-3-10-4-5-13-11(6-7-14-13)12(9)8-10/h4-5,9H,2-3,6-8H2,1H3. The van der Waals surface area contributed by atoms with Crippen molar-refractivity contribution in [3.8, 4) is 0 Å². The Hall–Kier alpha value is -0.980. The molecule has 0 radical (unpaired) electrons. The fourth-order valence-corrected chi connectivity index (χ4v) is 2.76. The molecule has 0 aromatic heterocycles. The Kier molecular flexibility index (Phi) is 1.79. The van der Waals surface area contributed by atoms with E-state index in [-0.39, 0.29) is 0 Å². The van der Waals surface area contributed by atoms with Gasteiger partial charge in [0.05, 0.1) is 6.61 Å². The fourth-order valence-electron chi connectivity index (χ4n) is 2.76. The van der Waals surface area contributed by atoms with Gasteiger partial charge in [-0.2, -0.15) is 0 Å². The molecular weight excluding hydrogens is 172 g/mol. The highest BCUT2D eigenvalue weighted by Gasteiger charge is 2.27. The lowest BCUT2D eigenvalue weighted by atomic mass is 9.80. The Morgan fingerprint density at radius 2 is 2.21 bits per heavy atom. The second-order valence-corrected chi connectivity index (χ2v) is 4.57. The Balaban J connectivity index is 2.12. The maximum Gasteiger partial charge on any atom is 0.122 e. The van der Waals surface area contributed by atoms with E-state index >= 15 is 0 Å². The topological polar surface area (TPSA) is 9.23 Å². The molecule has 1 atom stereocenters. The quantitative estimate of drug-likeness (QED) is 0.566. The molecule has 2 aliphatic carbocycles. The van der Waals surface area contributed by atoms with Crippen LogP contribution in [0.4, 0.5) is 0 Å². The summed E-state index contributed by atoms with van der Waals surface area (Å²) in [7, 11) is 0. The molecule has 1 unspecified atom stereocenters. The van der Waals surface area contributed by atoms with Crippen molar-refractivity contribution in [2.45, 2.75) is 32.6 Å². The average molecular weight is 188 g/mol. The molecule has 3 aliphatic rings. The van der Waals surface area contributed by atoms with Gasteiger partial charge in [-0.3, -0.25) is 0 Å². The van der Waals surface area contributed by atoms with E-state index in [1.165, 1.54) is 24.8 Å². The van der Waals surface area contributed by atoms with Crippen molar-refractivity contribution in [2.24, 2.45) is 5.92 Å². The second-order valence-electron chi connectivity index (χ2n) is 4.57. The maximum atomic E-state index is 5.65. The van der Waals surface area contributed by atoms with Gasteiger partial charge in [-0.1, -0.05) is 24.1 Å². The molecule has 0 aromatic carbocycles. The predicted octanol–water partition coefficient (Wildman–Crippen LogP) is 3.35. The Bertz CT molecular complexity index is 357. The molecule has 1 nitrogen and oxygen atoms in total. The van der Waals surface area contributed by atoms with Gasteiger partial charge in [0.2, 0.25) is 0 Å². The summed E-state index contributed by atoms with van der Waals surface area (Å²) < 4.78 is 5.65. The van der Waals surface area contributed by atoms with Crippen molar-refractivity contribution >= 4 is 0 Å². The molecule has 1 aliphatic heterocycles. The van der Waals surface area contributed by atoms with Crippen molar-refractivity contribution in [1.29, 1.82) is 0 Å². The van der Waals surface area contributed by atoms with Gasteiger partial charge in [0.15, 0.2) is 0 Å². The van der Waals surface area contributed by atoms with Crippen molar-refractivity contribution in [1.82, 2.24) is 0 Å². The first-order chi connectivity index (χ1) is 6.84. The number of rotatable bonds is 0. The highest BCUT2D eigenvalue weighted by molar-refractivity contribution is 5.44. The van der Waals surface area contributed by atoms with Crippen LogP contribution in [-0.4, -0.2) is 6.61 Å². The van der Waals surface area contributed by atoms with Crippen LogP contribution in [0.5, 0.6) is 0 Å². The number of fused-ring (bicyclic) bond motifs is 3. The molecule has 2 bridgehead atoms. The van der Waals surface area contributed by atoms with Gasteiger partial charge in [-0.25, -0.2) is 0 Å². The van der Waals surface area contributed by atoms with Gasteiger partial charge in [-0.15, -0.1) is 0 Å². The smallest absolute Gasteiger partial charge is 0.122 e. The van der Waals surface area contributed by atoms with E-state index in [0.29, 0.717) is 0 Å². The average Bonchev–Trinajstić information content (AvgIpc) is 2.60. The summed E-state index contributed by atoms with van der Waals surface area (Å²) >= 11 is 0. The second kappa shape index (κ2) is 3.01. The minimum absolute atomic E-state index is 0.769. The van der Waals surface area contributed by atoms with Crippen LogP contribution in [0.3, 0.4) is 0 Å². The molecule has 1 saturated heterocycles. The van der Waals surface area contributed by atoms with E-state index in [2.05, 4.69) is 19.1 Å². The third kappa shape index (κ3) is 1.15. The van der Waals surface area contributed by atoms with Gasteiger partial charge < -0.3 is 4.74 Å². The largest absolute Gasteiger partial charge is 0.493 e. The molecule has 0 N–H and O–H groups in total. The van der Waals surface area contributed by atoms with E-state index in [9.17, 15) is 0 Å². The predicted molar refractivity (Wildman–Crippen MR) is 56.8 cm³/mol. The summed E-state index contributed by atoms with van der Waals surface area (Å²) in [5, 5.41) is 0. The summed E-state index contributed by atoms with van der Waals surface area (Å²) in [6.07, 6.45) is 9.40. The van der Waals surface area contributed by atoms with E-state index in [0.717, 1.165) is 24.7 Å². The Morgan fingerprint density at radius 3 is 3.14 bits per heavy atom. The van der Waals surface area contributed by atoms with Crippen molar-refractivity contribution in [2.75, 3.05) is 6.61 Å². The first-order valence-corrected chi connectivity index (χ1v) is 5.59. The monoisotopic (exact) mass is 188 g/mol. The summed E-state index contributed by atoms with van der Waals surface area (Å²) in [5.41, 5.74) is 4.77. The van der Waals surface area contributed by atoms with Crippen LogP contribution in [0.1, 0.15) is 32.6 Å². The van der Waals surface area contributed by atoms with Gasteiger partial charge in [0, 0.05) is 6.42 Å². The van der Waals surface area contributed by atoms with Crippen molar-refractivity contribution < 1.29 is 4.74 Å². The van der Waals surface area contributed by atoms with E-state index in [4.69, 9.17) is 4.74 Å². The lowest BCUT2D eigenvalue weighted by Gasteiger charge is -2.24. The van der Waals surface area contributed by atoms with Crippen LogP contribution in [0.25, 0.3) is 0 Å². The molecule has 74 valence electrons. The minimum atomic E-state index is 0.769. The summed E-state index contributed by atoms with van der Waals surface area (Å²) in [6.45, 7) is 3.25. The number of hydrogen-bond acceptors (Lipinski definition) is 1. The van der Waals surface area contributed by atoms with Crippen molar-refractivity contribution in [3.05, 3.63) is 34.6 Å². The van der Waals surface area contributed by atoms with Crippen LogP contribution in [0.2, 0.25) is 0 Å². The highest BCUT2D eigenvalue weighted by Crippen LogP contribution is 2.41. The van der Waals surface area contributed by atoms with Gasteiger partial charge >= 0.3 is 0 Å². The fraction of sp³-hybridized carbons (Fsp3) is 0.538. The third-order valence-corrected chi connectivity index (χ3v) is 3.68. The highest BCUT2D eigenvalue weighted by atomic mass is 16.5. The molecule has 2 fully saturated rings. The van der Waals surface area contributed by atoms with Crippen LogP contribution >= 0.6 is 0 Å². The van der Waals surface area contributed by atoms with Crippen LogP contribution in [-0.2, 0) is 4.74 Å². The van der Waals surface area contributed by atoms with Gasteiger partial charge in [0.25, 0.3) is 0 Å². The van der Waals surface area contributed by atoms with Crippen LogP contribution in [0, 0.1) is 5.92 Å². The molecular formula is C13H16O. The SMILES string of the molecule is CC1CCC2=CC=C3OCCC3=C1C2. The minimum Gasteiger partial charge on any atom is -0.493 e. The lowest BCUT2D eigenvalue weighted by molar-refractivity contribution is 0.265. The van der Waals surface area contributed by atoms with Gasteiger partial charge in [-0.05, 0) is 36.8 Å². The zero-order valence-corrected chi connectivity index (χ0v) is 8.68. The van der Waals surface area contributed by atoms with E-state index in [1.54, 1.807) is 11.1 Å². The third-order valence-electron chi connectivity index (χ3n) is 3.68. The molecule has 1 saturated carbocycles. The number of ether oxygens (including phenoxy) is 1. The van der Waals surface area contributed by atoms with E-state index in [1.807, 2.05) is 0 Å². The summed E-state index contributed by atoms with van der Waals surface area (Å²) in [5.74, 6) is 1.93. The summed E-state index contributed by atoms with van der Waals surface area (Å²) in [4.78, 5) is 0. The number of allylic oxidation sites excluding steroid dienone is 5. The lowest BCUT2D eigenvalue weighted by Crippen LogP contribution is -2.09. The first-order valence-electron chi connectivity index (χ1n) is 5.59. The molecule has 1 heteroatoms. The van der Waals surface area contributed by atoms with E-state index < -0.39 is 0 Å². The molecule has 0 spiro atoms. The molecule has 1 heterocycles. The zero-order valence-electron chi connectivity index (χ0n) is 8.68. The van der Waals surface area contributed by atoms with Crippen LogP contribution in [0.15, 0.2) is 34.6 Å². The Labute approximate surface area is 85.1 Å². The summed E-state index contributed by atoms with van der Waals surface area (Å²) in [6, 6.07) is 0. The number of hydrogen-bond donors (Lipinski definition) is 0. The molecule has 0 aromatic rings. The molecule has 0 amide bonds. The molecule has 3 rings (SSSR count). The maximum absolute atomic E-state index is 5.65. The molecule has 14 heavy (non-hydrogen) atoms.